The van der Waals surface area contributed by atoms with Crippen molar-refractivity contribution in [2.45, 2.75) is 33.3 Å². The maximum atomic E-state index is 12.1. The Morgan fingerprint density at radius 3 is 2.61 bits per heavy atom. The molecule has 126 valence electrons. The Morgan fingerprint density at radius 2 is 2.04 bits per heavy atom. The molecule has 2 rings (SSSR count). The van der Waals surface area contributed by atoms with Gasteiger partial charge in [0.05, 0.1) is 12.0 Å². The average Bonchev–Trinajstić information content (AvgIpc) is 2.91. The fraction of sp³-hybridized carbons (Fsp3) is 0.529. The van der Waals surface area contributed by atoms with Gasteiger partial charge >= 0.3 is 12.0 Å². The van der Waals surface area contributed by atoms with Gasteiger partial charge in [-0.1, -0.05) is 17.7 Å². The summed E-state index contributed by atoms with van der Waals surface area (Å²) >= 11 is 0. The molecule has 2 N–H and O–H groups in total. The van der Waals surface area contributed by atoms with Crippen LogP contribution in [0.1, 0.15) is 25.8 Å². The van der Waals surface area contributed by atoms with Crippen LogP contribution >= 0.6 is 0 Å². The van der Waals surface area contributed by atoms with Crippen LogP contribution in [0.3, 0.4) is 0 Å². The largest absolute Gasteiger partial charge is 0.489 e. The number of hydrogen-bond acceptors (Lipinski definition) is 3. The van der Waals surface area contributed by atoms with Crippen molar-refractivity contribution >= 4 is 12.0 Å². The molecule has 1 saturated heterocycles. The molecule has 1 heterocycles. The Hall–Kier alpha value is -2.24. The van der Waals surface area contributed by atoms with E-state index in [1.165, 1.54) is 0 Å². The Morgan fingerprint density at radius 1 is 1.39 bits per heavy atom. The molecule has 1 aliphatic rings. The molecular weight excluding hydrogens is 296 g/mol. The van der Waals surface area contributed by atoms with Crippen molar-refractivity contribution in [2.75, 3.05) is 19.6 Å². The first-order valence-corrected chi connectivity index (χ1v) is 7.80. The first-order chi connectivity index (χ1) is 10.8. The molecule has 0 radical (unpaired) electrons. The topological polar surface area (TPSA) is 78.9 Å². The quantitative estimate of drug-likeness (QED) is 0.872. The zero-order chi connectivity index (χ0) is 17.0. The normalized spacial score (nSPS) is 21.8. The third kappa shape index (κ3) is 4.37. The van der Waals surface area contributed by atoms with E-state index in [0.717, 1.165) is 11.3 Å². The van der Waals surface area contributed by atoms with Crippen LogP contribution in [0.15, 0.2) is 24.3 Å². The number of urea groups is 1. The summed E-state index contributed by atoms with van der Waals surface area (Å²) in [6.45, 7) is 6.63. The summed E-state index contributed by atoms with van der Waals surface area (Å²) in [5.41, 5.74) is 0.315. The first kappa shape index (κ1) is 17.1. The van der Waals surface area contributed by atoms with Crippen molar-refractivity contribution in [1.82, 2.24) is 10.2 Å². The molecule has 1 fully saturated rings. The number of carboxylic acids is 1. The summed E-state index contributed by atoms with van der Waals surface area (Å²) < 4.78 is 5.73. The van der Waals surface area contributed by atoms with Crippen LogP contribution in [0.25, 0.3) is 0 Å². The summed E-state index contributed by atoms with van der Waals surface area (Å²) in [5.74, 6) is -0.0964. The predicted octanol–water partition coefficient (Wildman–Crippen LogP) is 2.27. The van der Waals surface area contributed by atoms with Gasteiger partial charge in [-0.3, -0.25) is 4.79 Å². The van der Waals surface area contributed by atoms with Crippen LogP contribution in [0.2, 0.25) is 0 Å². The number of hydrogen-bond donors (Lipinski definition) is 2. The summed E-state index contributed by atoms with van der Waals surface area (Å²) in [6.07, 6.45) is 0.306. The van der Waals surface area contributed by atoms with Gasteiger partial charge in [-0.05, 0) is 39.3 Å². The Kier molecular flexibility index (Phi) is 5.13. The molecule has 1 aromatic carbocycles. The number of aryl methyl sites for hydroxylation is 1. The third-order valence-electron chi connectivity index (χ3n) is 4.18. The van der Waals surface area contributed by atoms with E-state index in [2.05, 4.69) is 5.32 Å². The number of carbonyl (C=O) groups excluding carboxylic acids is 1. The minimum absolute atomic E-state index is 0.171. The van der Waals surface area contributed by atoms with Crippen molar-refractivity contribution in [3.05, 3.63) is 29.8 Å². The second kappa shape index (κ2) is 6.89. The van der Waals surface area contributed by atoms with Crippen LogP contribution in [0.5, 0.6) is 5.75 Å². The van der Waals surface area contributed by atoms with Crippen LogP contribution in [0.4, 0.5) is 4.79 Å². The van der Waals surface area contributed by atoms with Crippen LogP contribution in [-0.4, -0.2) is 47.7 Å². The zero-order valence-corrected chi connectivity index (χ0v) is 13.8. The van der Waals surface area contributed by atoms with E-state index < -0.39 is 11.4 Å². The van der Waals surface area contributed by atoms with E-state index >= 15 is 0 Å². The van der Waals surface area contributed by atoms with E-state index in [0.29, 0.717) is 19.5 Å². The molecule has 6 heteroatoms. The number of nitrogens with one attached hydrogen (secondary N) is 1. The fourth-order valence-corrected chi connectivity index (χ4v) is 2.54. The van der Waals surface area contributed by atoms with Crippen LogP contribution < -0.4 is 10.1 Å². The highest BCUT2D eigenvalue weighted by atomic mass is 16.5. The molecule has 2 atom stereocenters. The fourth-order valence-electron chi connectivity index (χ4n) is 2.54. The van der Waals surface area contributed by atoms with Gasteiger partial charge in [-0.2, -0.15) is 0 Å². The average molecular weight is 320 g/mol. The van der Waals surface area contributed by atoms with Gasteiger partial charge in [-0.15, -0.1) is 0 Å². The summed E-state index contributed by atoms with van der Waals surface area (Å²) in [7, 11) is 0. The number of rotatable bonds is 5. The maximum Gasteiger partial charge on any atom is 0.317 e. The summed E-state index contributed by atoms with van der Waals surface area (Å²) in [4.78, 5) is 24.9. The highest BCUT2D eigenvalue weighted by Crippen LogP contribution is 2.29. The number of benzene rings is 1. The number of amides is 2. The van der Waals surface area contributed by atoms with Crippen LogP contribution in [0, 0.1) is 12.3 Å². The molecule has 6 nitrogen and oxygen atoms in total. The maximum absolute atomic E-state index is 12.1. The van der Waals surface area contributed by atoms with Gasteiger partial charge in [0.2, 0.25) is 0 Å². The monoisotopic (exact) mass is 320 g/mol. The standard InChI is InChI=1S/C17H24N2O4/c1-12-4-6-14(7-5-12)23-13(2)10-18-16(22)19-9-8-17(3,11-19)15(20)21/h4-7,13H,8-11H2,1-3H3,(H,18,22)(H,20,21). The number of likely N-dealkylation sites (tertiary alicyclic amines) is 1. The zero-order valence-electron chi connectivity index (χ0n) is 13.8. The van der Waals surface area contributed by atoms with Gasteiger partial charge in [0.1, 0.15) is 11.9 Å². The highest BCUT2D eigenvalue weighted by molar-refractivity contribution is 5.79. The van der Waals surface area contributed by atoms with Gasteiger partial charge in [0.25, 0.3) is 0 Å². The Balaban J connectivity index is 1.78. The minimum Gasteiger partial charge on any atom is -0.489 e. The summed E-state index contributed by atoms with van der Waals surface area (Å²) in [5, 5.41) is 12.0. The molecule has 0 spiro atoms. The lowest BCUT2D eigenvalue weighted by Gasteiger charge is -2.22. The minimum atomic E-state index is -0.858. The Bertz CT molecular complexity index is 572. The number of aliphatic carboxylic acids is 1. The molecule has 1 aromatic rings. The van der Waals surface area contributed by atoms with Crippen molar-refractivity contribution in [1.29, 1.82) is 0 Å². The molecule has 2 amide bonds. The number of ether oxygens (including phenoxy) is 1. The molecule has 23 heavy (non-hydrogen) atoms. The highest BCUT2D eigenvalue weighted by Gasteiger charge is 2.42. The number of carboxylic acid groups (broad SMARTS) is 1. The number of nitrogens with zero attached hydrogens (tertiary/aromatic N) is 1. The second-order valence-electron chi connectivity index (χ2n) is 6.46. The predicted molar refractivity (Wildman–Crippen MR) is 86.6 cm³/mol. The molecule has 0 aromatic heterocycles. The van der Waals surface area contributed by atoms with Crippen molar-refractivity contribution < 1.29 is 19.4 Å². The summed E-state index contributed by atoms with van der Waals surface area (Å²) in [6, 6.07) is 7.49. The van der Waals surface area contributed by atoms with Gasteiger partial charge < -0.3 is 20.1 Å². The van der Waals surface area contributed by atoms with E-state index in [4.69, 9.17) is 4.74 Å². The molecule has 2 unspecified atom stereocenters. The lowest BCUT2D eigenvalue weighted by molar-refractivity contribution is -0.147. The Labute approximate surface area is 136 Å². The molecule has 0 aliphatic carbocycles. The van der Waals surface area contributed by atoms with Crippen molar-refractivity contribution in [2.24, 2.45) is 5.41 Å². The lowest BCUT2D eigenvalue weighted by Crippen LogP contribution is -2.43. The third-order valence-corrected chi connectivity index (χ3v) is 4.18. The molecule has 0 saturated carbocycles. The molecule has 1 aliphatic heterocycles. The van der Waals surface area contributed by atoms with Crippen LogP contribution in [-0.2, 0) is 4.79 Å². The molecule has 0 bridgehead atoms. The lowest BCUT2D eigenvalue weighted by atomic mass is 9.90. The van der Waals surface area contributed by atoms with E-state index in [9.17, 15) is 14.7 Å². The SMILES string of the molecule is Cc1ccc(OC(C)CNC(=O)N2CCC(C)(C(=O)O)C2)cc1. The van der Waals surface area contributed by atoms with Gasteiger partial charge in [0, 0.05) is 13.1 Å². The first-order valence-electron chi connectivity index (χ1n) is 7.80. The van der Waals surface area contributed by atoms with E-state index in [1.54, 1.807) is 11.8 Å². The van der Waals surface area contributed by atoms with Gasteiger partial charge in [0.15, 0.2) is 0 Å². The van der Waals surface area contributed by atoms with Crippen molar-refractivity contribution in [3.63, 3.8) is 0 Å². The van der Waals surface area contributed by atoms with Gasteiger partial charge in [-0.25, -0.2) is 4.79 Å². The molecular formula is C17H24N2O4. The second-order valence-corrected chi connectivity index (χ2v) is 6.46. The van der Waals surface area contributed by atoms with E-state index in [-0.39, 0.29) is 18.7 Å². The number of carbonyl (C=O) groups is 2. The van der Waals surface area contributed by atoms with Crippen molar-refractivity contribution in [3.8, 4) is 5.75 Å². The smallest absolute Gasteiger partial charge is 0.317 e. The van der Waals surface area contributed by atoms with E-state index in [1.807, 2.05) is 38.1 Å².